The van der Waals surface area contributed by atoms with Crippen molar-refractivity contribution >= 4 is 27.3 Å². The van der Waals surface area contributed by atoms with Crippen LogP contribution in [0.5, 0.6) is 0 Å². The number of rotatable bonds is 4. The third kappa shape index (κ3) is 4.44. The third-order valence-corrected chi connectivity index (χ3v) is 5.00. The summed E-state index contributed by atoms with van der Waals surface area (Å²) in [6, 6.07) is 0.894. The molecule has 2 amide bonds. The number of nitrogens with one attached hydrogen (secondary N) is 2. The number of amides is 2. The van der Waals surface area contributed by atoms with Crippen LogP contribution in [0, 0.1) is 17.5 Å². The average molecular weight is 350 g/mol. The Morgan fingerprint density at radius 3 is 2.43 bits per heavy atom. The Morgan fingerprint density at radius 1 is 1.13 bits per heavy atom. The molecule has 1 heterocycles. The van der Waals surface area contributed by atoms with Gasteiger partial charge in [-0.3, -0.25) is 9.59 Å². The Kier molecular flexibility index (Phi) is 4.93. The molecule has 1 unspecified atom stereocenters. The van der Waals surface area contributed by atoms with E-state index < -0.39 is 57.3 Å². The zero-order valence-electron chi connectivity index (χ0n) is 11.7. The molecule has 1 aromatic rings. The topological polar surface area (TPSA) is 92.3 Å². The van der Waals surface area contributed by atoms with Crippen LogP contribution in [-0.2, 0) is 19.4 Å². The van der Waals surface area contributed by atoms with Gasteiger partial charge in [0.05, 0.1) is 17.2 Å². The van der Waals surface area contributed by atoms with Crippen LogP contribution >= 0.6 is 0 Å². The van der Waals surface area contributed by atoms with Gasteiger partial charge in [-0.05, 0) is 18.6 Å². The predicted molar refractivity (Wildman–Crippen MR) is 74.8 cm³/mol. The Hall–Kier alpha value is -2.10. The molecule has 1 atom stereocenters. The second kappa shape index (κ2) is 6.57. The molecule has 0 spiro atoms. The fourth-order valence-corrected chi connectivity index (χ4v) is 3.82. The van der Waals surface area contributed by atoms with Crippen LogP contribution in [0.25, 0.3) is 0 Å². The highest BCUT2D eigenvalue weighted by Crippen LogP contribution is 2.19. The zero-order chi connectivity index (χ0) is 17.2. The molecule has 2 rings (SSSR count). The monoisotopic (exact) mass is 350 g/mol. The van der Waals surface area contributed by atoms with E-state index in [0.29, 0.717) is 6.07 Å². The summed E-state index contributed by atoms with van der Waals surface area (Å²) in [5, 5.41) is 4.33. The number of carbonyl (C=O) groups is 2. The lowest BCUT2D eigenvalue weighted by Crippen LogP contribution is -2.37. The first-order valence-electron chi connectivity index (χ1n) is 6.61. The molecule has 1 aliphatic heterocycles. The number of halogens is 3. The average Bonchev–Trinajstić information content (AvgIpc) is 2.78. The third-order valence-electron chi connectivity index (χ3n) is 3.23. The van der Waals surface area contributed by atoms with Crippen molar-refractivity contribution in [3.63, 3.8) is 0 Å². The fraction of sp³-hybridized carbons (Fsp3) is 0.385. The summed E-state index contributed by atoms with van der Waals surface area (Å²) in [5.41, 5.74) is -0.592. The highest BCUT2D eigenvalue weighted by molar-refractivity contribution is 7.91. The molecular formula is C13H13F3N2O4S. The van der Waals surface area contributed by atoms with E-state index in [-0.39, 0.29) is 17.9 Å². The normalized spacial score (nSPS) is 19.3. The molecule has 1 fully saturated rings. The summed E-state index contributed by atoms with van der Waals surface area (Å²) in [5.74, 6) is -6.62. The van der Waals surface area contributed by atoms with Crippen LogP contribution in [0.1, 0.15) is 12.8 Å². The van der Waals surface area contributed by atoms with E-state index >= 15 is 0 Å². The molecule has 1 saturated heterocycles. The molecular weight excluding hydrogens is 337 g/mol. The van der Waals surface area contributed by atoms with Crippen LogP contribution in [0.2, 0.25) is 0 Å². The maximum absolute atomic E-state index is 13.4. The van der Waals surface area contributed by atoms with Crippen molar-refractivity contribution in [2.24, 2.45) is 0 Å². The molecule has 6 nitrogen and oxygen atoms in total. The van der Waals surface area contributed by atoms with Gasteiger partial charge in [0.15, 0.2) is 27.3 Å². The summed E-state index contributed by atoms with van der Waals surface area (Å²) in [6.45, 7) is 0. The van der Waals surface area contributed by atoms with E-state index in [1.807, 2.05) is 5.32 Å². The summed E-state index contributed by atoms with van der Waals surface area (Å²) in [4.78, 5) is 23.2. The predicted octanol–water partition coefficient (Wildman–Crippen LogP) is 0.736. The maximum atomic E-state index is 13.4. The number of benzene rings is 1. The van der Waals surface area contributed by atoms with Crippen LogP contribution in [0.15, 0.2) is 12.1 Å². The van der Waals surface area contributed by atoms with E-state index in [0.717, 1.165) is 6.07 Å². The molecule has 10 heteroatoms. The first-order valence-corrected chi connectivity index (χ1v) is 8.43. The van der Waals surface area contributed by atoms with Gasteiger partial charge >= 0.3 is 0 Å². The minimum Gasteiger partial charge on any atom is -0.352 e. The molecule has 2 N–H and O–H groups in total. The molecule has 23 heavy (non-hydrogen) atoms. The summed E-state index contributed by atoms with van der Waals surface area (Å²) in [6.07, 6.45) is -0.442. The SMILES string of the molecule is O=C(CC(=O)NC1CCS(=O)(=O)C1)Nc1ccc(F)c(F)c1F. The molecule has 1 aromatic carbocycles. The van der Waals surface area contributed by atoms with E-state index in [1.54, 1.807) is 0 Å². The van der Waals surface area contributed by atoms with E-state index in [2.05, 4.69) is 5.32 Å². The molecule has 0 saturated carbocycles. The Labute approximate surface area is 130 Å². The Bertz CT molecular complexity index is 752. The molecule has 0 aromatic heterocycles. The van der Waals surface area contributed by atoms with Gasteiger partial charge in [0, 0.05) is 6.04 Å². The second-order valence-electron chi connectivity index (χ2n) is 5.12. The minimum absolute atomic E-state index is 0.0375. The lowest BCUT2D eigenvalue weighted by atomic mass is 10.2. The number of hydrogen-bond acceptors (Lipinski definition) is 4. The molecule has 0 bridgehead atoms. The van der Waals surface area contributed by atoms with Crippen molar-refractivity contribution in [1.29, 1.82) is 0 Å². The minimum atomic E-state index is -3.17. The van der Waals surface area contributed by atoms with Crippen LogP contribution in [0.3, 0.4) is 0 Å². The largest absolute Gasteiger partial charge is 0.352 e. The van der Waals surface area contributed by atoms with Gasteiger partial charge in [-0.25, -0.2) is 21.6 Å². The van der Waals surface area contributed by atoms with Gasteiger partial charge in [0.1, 0.15) is 6.42 Å². The fourth-order valence-electron chi connectivity index (χ4n) is 2.15. The van der Waals surface area contributed by atoms with Crippen molar-refractivity contribution in [3.8, 4) is 0 Å². The molecule has 126 valence electrons. The number of anilines is 1. The van der Waals surface area contributed by atoms with Crippen molar-refractivity contribution in [2.75, 3.05) is 16.8 Å². The van der Waals surface area contributed by atoms with Gasteiger partial charge in [0.2, 0.25) is 11.8 Å². The van der Waals surface area contributed by atoms with Crippen LogP contribution in [0.4, 0.5) is 18.9 Å². The van der Waals surface area contributed by atoms with E-state index in [4.69, 9.17) is 0 Å². The molecule has 0 aliphatic carbocycles. The lowest BCUT2D eigenvalue weighted by molar-refractivity contribution is -0.127. The summed E-state index contributed by atoms with van der Waals surface area (Å²) in [7, 11) is -3.17. The van der Waals surface area contributed by atoms with Crippen molar-refractivity contribution in [2.45, 2.75) is 18.9 Å². The van der Waals surface area contributed by atoms with E-state index in [9.17, 15) is 31.2 Å². The van der Waals surface area contributed by atoms with Crippen molar-refractivity contribution in [3.05, 3.63) is 29.6 Å². The number of sulfone groups is 1. The Morgan fingerprint density at radius 2 is 1.83 bits per heavy atom. The first kappa shape index (κ1) is 17.3. The van der Waals surface area contributed by atoms with Crippen LogP contribution < -0.4 is 10.6 Å². The summed E-state index contributed by atoms with van der Waals surface area (Å²) >= 11 is 0. The Balaban J connectivity index is 1.90. The number of carbonyl (C=O) groups excluding carboxylic acids is 2. The van der Waals surface area contributed by atoms with Crippen molar-refractivity contribution < 1.29 is 31.2 Å². The maximum Gasteiger partial charge on any atom is 0.233 e. The van der Waals surface area contributed by atoms with Gasteiger partial charge in [0.25, 0.3) is 0 Å². The van der Waals surface area contributed by atoms with Gasteiger partial charge < -0.3 is 10.6 Å². The highest BCUT2D eigenvalue weighted by atomic mass is 32.2. The van der Waals surface area contributed by atoms with Gasteiger partial charge in [-0.15, -0.1) is 0 Å². The summed E-state index contributed by atoms with van der Waals surface area (Å²) < 4.78 is 61.6. The standard InChI is InChI=1S/C13H13F3N2O4S/c14-8-1-2-9(13(16)12(8)15)18-11(20)5-10(19)17-7-3-4-23(21,22)6-7/h1-2,7H,3-6H2,(H,17,19)(H,18,20). The second-order valence-corrected chi connectivity index (χ2v) is 7.34. The first-order chi connectivity index (χ1) is 10.7. The van der Waals surface area contributed by atoms with Gasteiger partial charge in [-0.2, -0.15) is 0 Å². The molecule has 1 aliphatic rings. The highest BCUT2D eigenvalue weighted by Gasteiger charge is 2.29. The lowest BCUT2D eigenvalue weighted by Gasteiger charge is -2.11. The number of hydrogen-bond donors (Lipinski definition) is 2. The smallest absolute Gasteiger partial charge is 0.233 e. The quantitative estimate of drug-likeness (QED) is 0.619. The van der Waals surface area contributed by atoms with Crippen molar-refractivity contribution in [1.82, 2.24) is 5.32 Å². The zero-order valence-corrected chi connectivity index (χ0v) is 12.6. The van der Waals surface area contributed by atoms with E-state index in [1.165, 1.54) is 0 Å². The van der Waals surface area contributed by atoms with Gasteiger partial charge in [-0.1, -0.05) is 0 Å². The molecule has 0 radical (unpaired) electrons. The van der Waals surface area contributed by atoms with Crippen LogP contribution in [-0.4, -0.2) is 37.8 Å².